The monoisotopic (exact) mass is 317 g/mol. The number of hydrogen-bond donors (Lipinski definition) is 0. The van der Waals surface area contributed by atoms with Gasteiger partial charge >= 0.3 is 6.09 Å². The normalized spacial score (nSPS) is 29.2. The SMILES string of the molecule is CSC(=S)OC1CC2CCC(C1)N2C(=O)OC(C)(C)C. The maximum atomic E-state index is 12.3. The summed E-state index contributed by atoms with van der Waals surface area (Å²) in [6.07, 6.45) is 5.67. The summed E-state index contributed by atoms with van der Waals surface area (Å²) in [6, 6.07) is 0.469. The highest BCUT2D eigenvalue weighted by Gasteiger charge is 2.45. The number of nitrogens with zero attached hydrogens (tertiary/aromatic N) is 1. The molecule has 0 aromatic heterocycles. The van der Waals surface area contributed by atoms with E-state index in [1.54, 1.807) is 0 Å². The van der Waals surface area contributed by atoms with Crippen LogP contribution in [0.1, 0.15) is 46.5 Å². The molecule has 2 rings (SSSR count). The number of thioether (sulfide) groups is 1. The summed E-state index contributed by atoms with van der Waals surface area (Å²) < 4.78 is 11.9. The minimum absolute atomic E-state index is 0.145. The lowest BCUT2D eigenvalue weighted by Gasteiger charge is -2.39. The summed E-state index contributed by atoms with van der Waals surface area (Å²) in [6.45, 7) is 5.71. The first-order chi connectivity index (χ1) is 9.30. The van der Waals surface area contributed by atoms with Crippen LogP contribution in [0.15, 0.2) is 0 Å². The minimum Gasteiger partial charge on any atom is -0.475 e. The Morgan fingerprint density at radius 1 is 1.25 bits per heavy atom. The van der Waals surface area contributed by atoms with Crippen molar-refractivity contribution in [3.63, 3.8) is 0 Å². The molecule has 20 heavy (non-hydrogen) atoms. The molecule has 0 saturated carbocycles. The summed E-state index contributed by atoms with van der Waals surface area (Å²) in [5.41, 5.74) is -0.440. The van der Waals surface area contributed by atoms with E-state index in [1.165, 1.54) is 11.8 Å². The van der Waals surface area contributed by atoms with Crippen LogP contribution >= 0.6 is 24.0 Å². The lowest BCUT2D eigenvalue weighted by Crippen LogP contribution is -2.50. The molecular weight excluding hydrogens is 294 g/mol. The number of thiocarbonyl (C=S) groups is 1. The Balaban J connectivity index is 1.96. The number of piperidine rings is 1. The average molecular weight is 317 g/mol. The Labute approximate surface area is 130 Å². The van der Waals surface area contributed by atoms with Crippen molar-refractivity contribution in [1.29, 1.82) is 0 Å². The zero-order valence-corrected chi connectivity index (χ0v) is 14.2. The molecule has 0 aromatic carbocycles. The first-order valence-electron chi connectivity index (χ1n) is 7.06. The third-order valence-corrected chi connectivity index (χ3v) is 4.75. The second-order valence-corrected chi connectivity index (χ2v) is 7.85. The van der Waals surface area contributed by atoms with Crippen LogP contribution < -0.4 is 0 Å². The van der Waals surface area contributed by atoms with Gasteiger partial charge in [0.2, 0.25) is 4.38 Å². The zero-order valence-electron chi connectivity index (χ0n) is 12.5. The fraction of sp³-hybridized carbons (Fsp3) is 0.857. The molecule has 0 N–H and O–H groups in total. The Kier molecular flexibility index (Phi) is 4.84. The highest BCUT2D eigenvalue weighted by Crippen LogP contribution is 2.38. The standard InChI is InChI=1S/C14H23NO3S2/c1-14(2,3)18-12(16)15-9-5-6-10(15)8-11(7-9)17-13(19)20-4/h9-11H,5-8H2,1-4H3. The van der Waals surface area contributed by atoms with Gasteiger partial charge in [0.15, 0.2) is 0 Å². The predicted octanol–water partition coefficient (Wildman–Crippen LogP) is 3.58. The van der Waals surface area contributed by atoms with Crippen molar-refractivity contribution in [2.24, 2.45) is 0 Å². The van der Waals surface area contributed by atoms with Crippen molar-refractivity contribution >= 4 is 34.5 Å². The average Bonchev–Trinajstić information content (AvgIpc) is 2.59. The number of amides is 1. The molecule has 4 nitrogen and oxygen atoms in total. The van der Waals surface area contributed by atoms with Crippen molar-refractivity contribution in [1.82, 2.24) is 4.90 Å². The Hall–Kier alpha value is -0.490. The van der Waals surface area contributed by atoms with Gasteiger partial charge < -0.3 is 14.4 Å². The Morgan fingerprint density at radius 2 is 1.80 bits per heavy atom. The van der Waals surface area contributed by atoms with Gasteiger partial charge in [0.25, 0.3) is 0 Å². The van der Waals surface area contributed by atoms with Crippen LogP contribution in [-0.2, 0) is 9.47 Å². The molecule has 2 fully saturated rings. The molecule has 6 heteroatoms. The predicted molar refractivity (Wildman–Crippen MR) is 85.1 cm³/mol. The molecular formula is C14H23NO3S2. The molecule has 2 saturated heterocycles. The molecule has 0 aromatic rings. The summed E-state index contributed by atoms with van der Waals surface area (Å²) in [7, 11) is 0. The lowest BCUT2D eigenvalue weighted by atomic mass is 10.0. The van der Waals surface area contributed by atoms with Gasteiger partial charge in [-0.3, -0.25) is 0 Å². The zero-order chi connectivity index (χ0) is 14.9. The third kappa shape index (κ3) is 3.79. The molecule has 2 aliphatic rings. The second-order valence-electron chi connectivity index (χ2n) is 6.44. The summed E-state index contributed by atoms with van der Waals surface area (Å²) >= 11 is 6.58. The van der Waals surface area contributed by atoms with Gasteiger partial charge in [-0.1, -0.05) is 11.8 Å². The molecule has 2 heterocycles. The van der Waals surface area contributed by atoms with E-state index < -0.39 is 5.60 Å². The molecule has 0 aliphatic carbocycles. The fourth-order valence-electron chi connectivity index (χ4n) is 3.02. The minimum atomic E-state index is -0.440. The molecule has 2 bridgehead atoms. The van der Waals surface area contributed by atoms with Crippen molar-refractivity contribution in [3.05, 3.63) is 0 Å². The Bertz CT molecular complexity index is 380. The number of rotatable bonds is 1. The molecule has 0 radical (unpaired) electrons. The first-order valence-corrected chi connectivity index (χ1v) is 8.69. The van der Waals surface area contributed by atoms with Gasteiger partial charge in [0, 0.05) is 24.9 Å². The van der Waals surface area contributed by atoms with Crippen molar-refractivity contribution in [3.8, 4) is 0 Å². The Morgan fingerprint density at radius 3 is 2.25 bits per heavy atom. The quantitative estimate of drug-likeness (QED) is 0.691. The number of carbonyl (C=O) groups is 1. The number of hydrogen-bond acceptors (Lipinski definition) is 5. The fourth-order valence-corrected chi connectivity index (χ4v) is 3.39. The summed E-state index contributed by atoms with van der Waals surface area (Å²) in [4.78, 5) is 14.2. The van der Waals surface area contributed by atoms with E-state index >= 15 is 0 Å². The highest BCUT2D eigenvalue weighted by molar-refractivity contribution is 8.22. The van der Waals surface area contributed by atoms with E-state index in [-0.39, 0.29) is 24.3 Å². The summed E-state index contributed by atoms with van der Waals surface area (Å²) in [5, 5.41) is 0. The molecule has 2 aliphatic heterocycles. The van der Waals surface area contributed by atoms with Gasteiger partial charge in [0.05, 0.1) is 0 Å². The van der Waals surface area contributed by atoms with Crippen LogP contribution in [0.25, 0.3) is 0 Å². The van der Waals surface area contributed by atoms with Crippen molar-refractivity contribution < 1.29 is 14.3 Å². The topological polar surface area (TPSA) is 38.8 Å². The largest absolute Gasteiger partial charge is 0.475 e. The van der Waals surface area contributed by atoms with E-state index in [2.05, 4.69) is 0 Å². The van der Waals surface area contributed by atoms with E-state index in [0.29, 0.717) is 4.38 Å². The van der Waals surface area contributed by atoms with Crippen LogP contribution in [0.4, 0.5) is 4.79 Å². The van der Waals surface area contributed by atoms with E-state index in [1.807, 2.05) is 31.9 Å². The van der Waals surface area contributed by atoms with E-state index in [4.69, 9.17) is 21.7 Å². The number of fused-ring (bicyclic) bond motifs is 2. The van der Waals surface area contributed by atoms with Gasteiger partial charge in [-0.25, -0.2) is 4.79 Å². The number of carbonyl (C=O) groups excluding carboxylic acids is 1. The van der Waals surface area contributed by atoms with Crippen LogP contribution in [0.3, 0.4) is 0 Å². The molecule has 0 spiro atoms. The summed E-state index contributed by atoms with van der Waals surface area (Å²) in [5.74, 6) is 0. The van der Waals surface area contributed by atoms with Crippen LogP contribution in [0, 0.1) is 0 Å². The van der Waals surface area contributed by atoms with Crippen LogP contribution in [-0.4, -0.2) is 45.4 Å². The maximum Gasteiger partial charge on any atom is 0.410 e. The molecule has 2 unspecified atom stereocenters. The van der Waals surface area contributed by atoms with Gasteiger partial charge in [-0.15, -0.1) is 0 Å². The van der Waals surface area contributed by atoms with Crippen LogP contribution in [0.5, 0.6) is 0 Å². The van der Waals surface area contributed by atoms with Gasteiger partial charge in [-0.2, -0.15) is 0 Å². The van der Waals surface area contributed by atoms with E-state index in [0.717, 1.165) is 25.7 Å². The maximum absolute atomic E-state index is 12.3. The molecule has 1 amide bonds. The van der Waals surface area contributed by atoms with Gasteiger partial charge in [0.1, 0.15) is 11.7 Å². The van der Waals surface area contributed by atoms with Crippen LogP contribution in [0.2, 0.25) is 0 Å². The molecule has 114 valence electrons. The smallest absolute Gasteiger partial charge is 0.410 e. The van der Waals surface area contributed by atoms with E-state index in [9.17, 15) is 4.79 Å². The second kappa shape index (κ2) is 6.10. The van der Waals surface area contributed by atoms with Crippen molar-refractivity contribution in [2.45, 2.75) is 70.2 Å². The third-order valence-electron chi connectivity index (χ3n) is 3.72. The van der Waals surface area contributed by atoms with Crippen molar-refractivity contribution in [2.75, 3.05) is 6.26 Å². The lowest BCUT2D eigenvalue weighted by molar-refractivity contribution is -0.00777. The first kappa shape index (κ1) is 15.9. The van der Waals surface area contributed by atoms with Gasteiger partial charge in [-0.05, 0) is 52.1 Å². The number of ether oxygens (including phenoxy) is 2. The highest BCUT2D eigenvalue weighted by atomic mass is 32.2. The molecule has 2 atom stereocenters.